The number of hydrogen-bond donors (Lipinski definition) is 0. The molecule has 0 heterocycles. The number of fused-ring (bicyclic) bond motifs is 5. The Morgan fingerprint density at radius 2 is 1.65 bits per heavy atom. The normalized spacial score (nSPS) is 37.8. The van der Waals surface area contributed by atoms with Gasteiger partial charge in [-0.25, -0.2) is 0 Å². The van der Waals surface area contributed by atoms with E-state index in [2.05, 4.69) is 20.8 Å². The second-order valence-electron chi connectivity index (χ2n) is 12.0. The molecule has 0 bridgehead atoms. The zero-order chi connectivity index (χ0) is 24.7. The van der Waals surface area contributed by atoms with Crippen LogP contribution >= 0.6 is 0 Å². The molecule has 0 N–H and O–H groups in total. The van der Waals surface area contributed by atoms with Gasteiger partial charge >= 0.3 is 11.9 Å². The standard InChI is InChI=1S/C29H44O5/c1-6-33-26(31)22(27(32)34-7-2)16-18(3)23-10-11-24-21-9-8-19-17-20(30)12-14-28(19,4)25(21)13-15-29(23,24)5/h17-18,21-25H,6-16H2,1-5H3/t18-,21?,23-,24?,25?,28+,29-/m1/s1. The van der Waals surface area contributed by atoms with E-state index in [9.17, 15) is 14.4 Å². The molecule has 0 amide bonds. The Balaban J connectivity index is 1.51. The van der Waals surface area contributed by atoms with Crippen molar-refractivity contribution in [3.8, 4) is 0 Å². The maximum absolute atomic E-state index is 12.6. The molecular formula is C29H44O5. The Bertz CT molecular complexity index is 827. The van der Waals surface area contributed by atoms with Crippen LogP contribution in [0.5, 0.6) is 0 Å². The third-order valence-electron chi connectivity index (χ3n) is 10.5. The molecule has 0 aliphatic heterocycles. The zero-order valence-electron chi connectivity index (χ0n) is 21.9. The van der Waals surface area contributed by atoms with E-state index in [-0.39, 0.29) is 30.0 Å². The molecule has 0 aromatic heterocycles. The number of ether oxygens (including phenoxy) is 2. The first-order valence-electron chi connectivity index (χ1n) is 13.7. The van der Waals surface area contributed by atoms with Crippen molar-refractivity contribution in [3.63, 3.8) is 0 Å². The van der Waals surface area contributed by atoms with Gasteiger partial charge in [-0.3, -0.25) is 14.4 Å². The highest BCUT2D eigenvalue weighted by atomic mass is 16.6. The fourth-order valence-electron chi connectivity index (χ4n) is 8.85. The highest BCUT2D eigenvalue weighted by Gasteiger charge is 2.59. The van der Waals surface area contributed by atoms with E-state index in [4.69, 9.17) is 9.47 Å². The van der Waals surface area contributed by atoms with Gasteiger partial charge < -0.3 is 9.47 Å². The number of carbonyl (C=O) groups is 3. The van der Waals surface area contributed by atoms with Gasteiger partial charge in [0.05, 0.1) is 13.2 Å². The number of rotatable bonds is 7. The molecule has 0 radical (unpaired) electrons. The Labute approximate surface area is 205 Å². The number of esters is 2. The molecule has 0 spiro atoms. The van der Waals surface area contributed by atoms with E-state index in [0.29, 0.717) is 36.4 Å². The Morgan fingerprint density at radius 3 is 2.29 bits per heavy atom. The Kier molecular flexibility index (Phi) is 7.32. The quantitative estimate of drug-likeness (QED) is 0.341. The van der Waals surface area contributed by atoms with Crippen molar-refractivity contribution in [2.24, 2.45) is 46.3 Å². The van der Waals surface area contributed by atoms with Crippen LogP contribution in [0.4, 0.5) is 0 Å². The third-order valence-corrected chi connectivity index (χ3v) is 10.5. The summed E-state index contributed by atoms with van der Waals surface area (Å²) >= 11 is 0. The zero-order valence-corrected chi connectivity index (χ0v) is 21.9. The van der Waals surface area contributed by atoms with Gasteiger partial charge in [-0.05, 0) is 112 Å². The van der Waals surface area contributed by atoms with E-state index >= 15 is 0 Å². The fourth-order valence-corrected chi connectivity index (χ4v) is 8.85. The lowest BCUT2D eigenvalue weighted by Crippen LogP contribution is -2.51. The van der Waals surface area contributed by atoms with Crippen molar-refractivity contribution in [3.05, 3.63) is 11.6 Å². The fraction of sp³-hybridized carbons (Fsp3) is 0.828. The van der Waals surface area contributed by atoms with Crippen molar-refractivity contribution < 1.29 is 23.9 Å². The minimum absolute atomic E-state index is 0.195. The van der Waals surface area contributed by atoms with Crippen LogP contribution < -0.4 is 0 Å². The maximum Gasteiger partial charge on any atom is 0.320 e. The minimum Gasteiger partial charge on any atom is -0.465 e. The van der Waals surface area contributed by atoms with Gasteiger partial charge in [-0.2, -0.15) is 0 Å². The number of ketones is 1. The predicted molar refractivity (Wildman–Crippen MR) is 131 cm³/mol. The summed E-state index contributed by atoms with van der Waals surface area (Å²) in [6.07, 6.45) is 11.3. The van der Waals surface area contributed by atoms with Gasteiger partial charge in [0, 0.05) is 6.42 Å². The molecule has 34 heavy (non-hydrogen) atoms. The second kappa shape index (κ2) is 9.78. The average molecular weight is 473 g/mol. The van der Waals surface area contributed by atoms with Crippen molar-refractivity contribution in [1.29, 1.82) is 0 Å². The lowest BCUT2D eigenvalue weighted by molar-refractivity contribution is -0.163. The number of carbonyl (C=O) groups excluding carboxylic acids is 3. The minimum atomic E-state index is -0.824. The molecule has 0 aromatic carbocycles. The molecule has 0 saturated heterocycles. The van der Waals surface area contributed by atoms with Gasteiger partial charge in [0.1, 0.15) is 0 Å². The van der Waals surface area contributed by atoms with E-state index in [1.54, 1.807) is 13.8 Å². The monoisotopic (exact) mass is 472 g/mol. The molecule has 190 valence electrons. The summed E-state index contributed by atoms with van der Waals surface area (Å²) < 4.78 is 10.5. The van der Waals surface area contributed by atoms with Gasteiger partial charge in [0.15, 0.2) is 11.7 Å². The molecule has 4 rings (SSSR count). The van der Waals surface area contributed by atoms with E-state index in [1.165, 1.54) is 37.7 Å². The first kappa shape index (κ1) is 25.4. The largest absolute Gasteiger partial charge is 0.465 e. The second-order valence-corrected chi connectivity index (χ2v) is 12.0. The van der Waals surface area contributed by atoms with Gasteiger partial charge in [0.2, 0.25) is 0 Å². The van der Waals surface area contributed by atoms with Crippen LogP contribution in [0.1, 0.15) is 92.4 Å². The van der Waals surface area contributed by atoms with E-state index in [0.717, 1.165) is 18.8 Å². The Hall–Kier alpha value is -1.65. The molecule has 0 aromatic rings. The van der Waals surface area contributed by atoms with Gasteiger partial charge in [-0.15, -0.1) is 0 Å². The van der Waals surface area contributed by atoms with E-state index < -0.39 is 17.9 Å². The number of hydrogen-bond acceptors (Lipinski definition) is 5. The summed E-state index contributed by atoms with van der Waals surface area (Å²) in [6.45, 7) is 11.3. The smallest absolute Gasteiger partial charge is 0.320 e. The highest BCUT2D eigenvalue weighted by molar-refractivity contribution is 5.95. The van der Waals surface area contributed by atoms with E-state index in [1.807, 2.05) is 6.08 Å². The van der Waals surface area contributed by atoms with Crippen LogP contribution in [-0.2, 0) is 23.9 Å². The lowest BCUT2D eigenvalue weighted by Gasteiger charge is -2.58. The molecule has 4 aliphatic rings. The Morgan fingerprint density at radius 1 is 0.971 bits per heavy atom. The molecule has 3 fully saturated rings. The van der Waals surface area contributed by atoms with Gasteiger partial charge in [0.25, 0.3) is 0 Å². The summed E-state index contributed by atoms with van der Waals surface area (Å²) in [5.74, 6) is 1.46. The average Bonchev–Trinajstić information content (AvgIpc) is 3.15. The molecular weight excluding hydrogens is 428 g/mol. The summed E-state index contributed by atoms with van der Waals surface area (Å²) in [7, 11) is 0. The highest BCUT2D eigenvalue weighted by Crippen LogP contribution is 2.67. The first-order valence-corrected chi connectivity index (χ1v) is 13.7. The molecule has 5 nitrogen and oxygen atoms in total. The van der Waals surface area contributed by atoms with Crippen LogP contribution in [-0.4, -0.2) is 30.9 Å². The van der Waals surface area contributed by atoms with Crippen molar-refractivity contribution in [2.75, 3.05) is 13.2 Å². The molecule has 4 aliphatic carbocycles. The van der Waals surface area contributed by atoms with Crippen LogP contribution in [0.3, 0.4) is 0 Å². The SMILES string of the molecule is CCOC(=O)C(C[C@@H](C)[C@H]1CCC2C3CCC4=CC(=O)CC[C@]4(C)C3CC[C@@]21C)C(=O)OCC. The summed E-state index contributed by atoms with van der Waals surface area (Å²) in [5.41, 5.74) is 1.86. The summed E-state index contributed by atoms with van der Waals surface area (Å²) in [5, 5.41) is 0. The van der Waals surface area contributed by atoms with Crippen LogP contribution in [0.15, 0.2) is 11.6 Å². The third kappa shape index (κ3) is 4.26. The predicted octanol–water partition coefficient (Wildman–Crippen LogP) is 5.90. The molecule has 5 heteroatoms. The summed E-state index contributed by atoms with van der Waals surface area (Å²) in [6, 6.07) is 0. The summed E-state index contributed by atoms with van der Waals surface area (Å²) in [4.78, 5) is 37.3. The molecule has 3 saturated carbocycles. The van der Waals surface area contributed by atoms with Crippen LogP contribution in [0, 0.1) is 46.3 Å². The topological polar surface area (TPSA) is 69.7 Å². The van der Waals surface area contributed by atoms with Crippen molar-refractivity contribution in [1.82, 2.24) is 0 Å². The van der Waals surface area contributed by atoms with Crippen molar-refractivity contribution >= 4 is 17.7 Å². The van der Waals surface area contributed by atoms with Crippen LogP contribution in [0.2, 0.25) is 0 Å². The number of allylic oxidation sites excluding steroid dienone is 1. The molecule has 3 unspecified atom stereocenters. The lowest BCUT2D eigenvalue weighted by atomic mass is 9.46. The first-order chi connectivity index (χ1) is 16.2. The maximum atomic E-state index is 12.6. The van der Waals surface area contributed by atoms with Gasteiger partial charge in [-0.1, -0.05) is 26.3 Å². The molecule has 7 atom stereocenters. The van der Waals surface area contributed by atoms with Crippen LogP contribution in [0.25, 0.3) is 0 Å². The van der Waals surface area contributed by atoms with Crippen molar-refractivity contribution in [2.45, 2.75) is 92.4 Å².